The Morgan fingerprint density at radius 1 is 0.838 bits per heavy atom. The molecule has 0 fully saturated rings. The van der Waals surface area contributed by atoms with Gasteiger partial charge in [-0.3, -0.25) is 4.79 Å². The normalized spacial score (nSPS) is 12.3. The molecule has 1 heterocycles. The molecule has 0 atom stereocenters. The Hall–Kier alpha value is -3.78. The van der Waals surface area contributed by atoms with Crippen molar-refractivity contribution in [3.05, 3.63) is 112 Å². The Morgan fingerprint density at radius 2 is 1.59 bits per heavy atom. The van der Waals surface area contributed by atoms with E-state index < -0.39 is 15.9 Å². The lowest BCUT2D eigenvalue weighted by molar-refractivity contribution is 0.0956. The van der Waals surface area contributed by atoms with Crippen LogP contribution in [-0.4, -0.2) is 14.3 Å². The number of halogens is 2. The van der Waals surface area contributed by atoms with E-state index >= 15 is 0 Å². The number of furan rings is 1. The summed E-state index contributed by atoms with van der Waals surface area (Å²) in [6.07, 6.45) is 0.850. The van der Waals surface area contributed by atoms with E-state index in [-0.39, 0.29) is 20.7 Å². The number of ether oxygens (including phenoxy) is 1. The van der Waals surface area contributed by atoms with Crippen molar-refractivity contribution in [1.29, 1.82) is 0 Å². The highest BCUT2D eigenvalue weighted by Crippen LogP contribution is 2.39. The van der Waals surface area contributed by atoms with Crippen molar-refractivity contribution in [2.45, 2.75) is 11.3 Å². The van der Waals surface area contributed by atoms with Crippen LogP contribution < -0.4 is 9.46 Å². The molecule has 37 heavy (non-hydrogen) atoms. The fourth-order valence-electron chi connectivity index (χ4n) is 4.43. The molecular formula is C28H17Cl2NO5S. The lowest BCUT2D eigenvalue weighted by Crippen LogP contribution is -2.30. The van der Waals surface area contributed by atoms with E-state index in [9.17, 15) is 13.2 Å². The van der Waals surface area contributed by atoms with E-state index in [0.717, 1.165) is 6.42 Å². The van der Waals surface area contributed by atoms with Gasteiger partial charge in [-0.1, -0.05) is 53.5 Å². The molecule has 9 heteroatoms. The molecule has 0 aliphatic heterocycles. The van der Waals surface area contributed by atoms with Crippen molar-refractivity contribution >= 4 is 50.1 Å². The SMILES string of the molecule is O=C(NS(=O)(=O)c1ccc(Cl)cc1Cl)c1cc2ccc(Oc3ccc4c(c3)Cc3ccccc3-4)cc2o1. The second kappa shape index (κ2) is 8.95. The Morgan fingerprint density at radius 3 is 2.43 bits per heavy atom. The zero-order chi connectivity index (χ0) is 25.7. The van der Waals surface area contributed by atoms with Crippen molar-refractivity contribution in [3.8, 4) is 22.6 Å². The van der Waals surface area contributed by atoms with Crippen LogP contribution in [0.15, 0.2) is 94.2 Å². The molecule has 1 aromatic heterocycles. The maximum absolute atomic E-state index is 12.7. The van der Waals surface area contributed by atoms with Crippen molar-refractivity contribution in [2.75, 3.05) is 0 Å². The Balaban J connectivity index is 1.21. The smallest absolute Gasteiger partial charge is 0.300 e. The molecule has 0 saturated heterocycles. The molecule has 0 spiro atoms. The molecule has 6 nitrogen and oxygen atoms in total. The van der Waals surface area contributed by atoms with E-state index in [2.05, 4.69) is 18.2 Å². The molecule has 1 aliphatic carbocycles. The summed E-state index contributed by atoms with van der Waals surface area (Å²) in [6.45, 7) is 0. The van der Waals surface area contributed by atoms with Crippen molar-refractivity contribution < 1.29 is 22.4 Å². The minimum Gasteiger partial charge on any atom is -0.457 e. The first-order chi connectivity index (χ1) is 17.8. The highest BCUT2D eigenvalue weighted by Gasteiger charge is 2.24. The van der Waals surface area contributed by atoms with E-state index in [1.165, 1.54) is 46.5 Å². The largest absolute Gasteiger partial charge is 0.457 e. The topological polar surface area (TPSA) is 85.6 Å². The molecule has 5 aromatic rings. The molecule has 184 valence electrons. The number of sulfonamides is 1. The van der Waals surface area contributed by atoms with Crippen LogP contribution in [0, 0.1) is 0 Å². The average Bonchev–Trinajstić information content (AvgIpc) is 3.44. The molecule has 0 saturated carbocycles. The van der Waals surface area contributed by atoms with Crippen LogP contribution in [0.1, 0.15) is 21.7 Å². The first kappa shape index (κ1) is 23.6. The molecule has 0 unspecified atom stereocenters. The van der Waals surface area contributed by atoms with Crippen LogP contribution >= 0.6 is 23.2 Å². The standard InChI is InChI=1S/C28H17Cl2NO5S/c29-19-6-10-27(24(30)14-19)37(33,34)31-28(32)26-13-17-5-7-21(15-25(17)36-26)35-20-8-9-23-18(12-20)11-16-3-1-2-4-22(16)23/h1-10,12-15H,11H2,(H,31,32). The highest BCUT2D eigenvalue weighted by atomic mass is 35.5. The molecule has 1 aliphatic rings. The van der Waals surface area contributed by atoms with Gasteiger partial charge in [-0.25, -0.2) is 13.1 Å². The Kier molecular flexibility index (Phi) is 5.71. The number of hydrogen-bond acceptors (Lipinski definition) is 5. The molecule has 0 radical (unpaired) electrons. The monoisotopic (exact) mass is 549 g/mol. The first-order valence-corrected chi connectivity index (χ1v) is 13.5. The van der Waals surface area contributed by atoms with Crippen molar-refractivity contribution in [1.82, 2.24) is 4.72 Å². The van der Waals surface area contributed by atoms with E-state index in [0.29, 0.717) is 22.5 Å². The van der Waals surface area contributed by atoms with E-state index in [4.69, 9.17) is 32.4 Å². The summed E-state index contributed by atoms with van der Waals surface area (Å²) in [7, 11) is -4.24. The summed E-state index contributed by atoms with van der Waals surface area (Å²) >= 11 is 11.8. The molecule has 0 bridgehead atoms. The summed E-state index contributed by atoms with van der Waals surface area (Å²) in [6, 6.07) is 24.8. The van der Waals surface area contributed by atoms with Gasteiger partial charge < -0.3 is 9.15 Å². The summed E-state index contributed by atoms with van der Waals surface area (Å²) in [5.74, 6) is 0.102. The number of carbonyl (C=O) groups is 1. The van der Waals surface area contributed by atoms with Gasteiger partial charge in [0.2, 0.25) is 0 Å². The second-order valence-electron chi connectivity index (χ2n) is 8.57. The van der Waals surface area contributed by atoms with Gasteiger partial charge in [0.15, 0.2) is 5.76 Å². The fraction of sp³-hybridized carbons (Fsp3) is 0.0357. The quantitative estimate of drug-likeness (QED) is 0.245. The highest BCUT2D eigenvalue weighted by molar-refractivity contribution is 7.90. The zero-order valence-corrected chi connectivity index (χ0v) is 21.3. The van der Waals surface area contributed by atoms with Gasteiger partial charge >= 0.3 is 5.91 Å². The maximum atomic E-state index is 12.7. The lowest BCUT2D eigenvalue weighted by atomic mass is 10.1. The fourth-order valence-corrected chi connectivity index (χ4v) is 6.16. The van der Waals surface area contributed by atoms with Crippen LogP contribution in [0.25, 0.3) is 22.1 Å². The Labute approximate surface area is 222 Å². The minimum atomic E-state index is -4.24. The van der Waals surface area contributed by atoms with Gasteiger partial charge in [-0.2, -0.15) is 0 Å². The number of amides is 1. The third-order valence-corrected chi connectivity index (χ3v) is 8.18. The summed E-state index contributed by atoms with van der Waals surface area (Å²) in [4.78, 5) is 12.4. The first-order valence-electron chi connectivity index (χ1n) is 11.2. The Bertz CT molecular complexity index is 1830. The summed E-state index contributed by atoms with van der Waals surface area (Å²) in [5.41, 5.74) is 5.30. The van der Waals surface area contributed by atoms with Crippen LogP contribution in [0.2, 0.25) is 10.0 Å². The van der Waals surface area contributed by atoms with Crippen LogP contribution in [0.5, 0.6) is 11.5 Å². The predicted molar refractivity (Wildman–Crippen MR) is 142 cm³/mol. The van der Waals surface area contributed by atoms with Crippen LogP contribution in [-0.2, 0) is 16.4 Å². The van der Waals surface area contributed by atoms with Gasteiger partial charge in [-0.05, 0) is 77.2 Å². The van der Waals surface area contributed by atoms with Crippen LogP contribution in [0.4, 0.5) is 0 Å². The maximum Gasteiger partial charge on any atom is 0.300 e. The third-order valence-electron chi connectivity index (χ3n) is 6.13. The zero-order valence-electron chi connectivity index (χ0n) is 19.0. The molecule has 4 aromatic carbocycles. The second-order valence-corrected chi connectivity index (χ2v) is 11.1. The van der Waals surface area contributed by atoms with Gasteiger partial charge in [0.1, 0.15) is 22.0 Å². The van der Waals surface area contributed by atoms with Gasteiger partial charge in [0.05, 0.1) is 5.02 Å². The molecular weight excluding hydrogens is 533 g/mol. The average molecular weight is 550 g/mol. The minimum absolute atomic E-state index is 0.102. The van der Waals surface area contributed by atoms with E-state index in [1.807, 2.05) is 29.0 Å². The van der Waals surface area contributed by atoms with Crippen LogP contribution in [0.3, 0.4) is 0 Å². The summed E-state index contributed by atoms with van der Waals surface area (Å²) < 4.78 is 39.0. The third kappa shape index (κ3) is 4.46. The molecule has 6 rings (SSSR count). The van der Waals surface area contributed by atoms with Gasteiger partial charge in [0.25, 0.3) is 10.0 Å². The van der Waals surface area contributed by atoms with E-state index in [1.54, 1.807) is 18.2 Å². The number of fused-ring (bicyclic) bond motifs is 4. The molecule has 1 N–H and O–H groups in total. The number of benzene rings is 4. The van der Waals surface area contributed by atoms with Gasteiger partial charge in [-0.15, -0.1) is 0 Å². The predicted octanol–water partition coefficient (Wildman–Crippen LogP) is 7.22. The molecule has 1 amide bonds. The summed E-state index contributed by atoms with van der Waals surface area (Å²) in [5, 5.41) is 0.786. The van der Waals surface area contributed by atoms with Crippen molar-refractivity contribution in [3.63, 3.8) is 0 Å². The van der Waals surface area contributed by atoms with Gasteiger partial charge in [0, 0.05) is 16.5 Å². The number of hydrogen-bond donors (Lipinski definition) is 1. The number of nitrogens with one attached hydrogen (secondary N) is 1. The number of rotatable bonds is 5. The lowest BCUT2D eigenvalue weighted by Gasteiger charge is -2.08. The van der Waals surface area contributed by atoms with Crippen molar-refractivity contribution in [2.24, 2.45) is 0 Å². The number of carbonyl (C=O) groups excluding carboxylic acids is 1.